The van der Waals surface area contributed by atoms with Crippen LogP contribution in [0.4, 0.5) is 4.79 Å². The van der Waals surface area contributed by atoms with Crippen LogP contribution >= 0.6 is 0 Å². The lowest BCUT2D eigenvalue weighted by molar-refractivity contribution is -0.172. The van der Waals surface area contributed by atoms with Gasteiger partial charge in [0, 0.05) is 14.0 Å². The van der Waals surface area contributed by atoms with Crippen LogP contribution in [0, 0.1) is 0 Å². The molecule has 29 heavy (non-hydrogen) atoms. The van der Waals surface area contributed by atoms with Crippen molar-refractivity contribution in [2.75, 3.05) is 33.5 Å². The number of carbonyl (C=O) groups is 3. The van der Waals surface area contributed by atoms with Gasteiger partial charge in [-0.1, -0.05) is 28.7 Å². The molecule has 0 aromatic heterocycles. The van der Waals surface area contributed by atoms with E-state index in [4.69, 9.17) is 28.4 Å². The summed E-state index contributed by atoms with van der Waals surface area (Å²) in [5.41, 5.74) is -1.19. The highest BCUT2D eigenvalue weighted by molar-refractivity contribution is 5.78. The fraction of sp³-hybridized carbons (Fsp3) is 0.850. The largest absolute Gasteiger partial charge is 0.508 e. The van der Waals surface area contributed by atoms with Gasteiger partial charge in [-0.2, -0.15) is 0 Å². The van der Waals surface area contributed by atoms with Crippen molar-refractivity contribution < 1.29 is 42.8 Å². The number of ether oxygens (including phenoxy) is 6. The minimum absolute atomic E-state index is 0. The Kier molecular flexibility index (Phi) is 23.2. The third-order valence-corrected chi connectivity index (χ3v) is 2.93. The molecule has 2 atom stereocenters. The van der Waals surface area contributed by atoms with E-state index in [1.54, 1.807) is 27.7 Å². The SMILES string of the molecule is C.C.CC.COC(C)COC(=O)C(C)(C)OCCOC(=O)OC(C)COC(C)=O. The first-order chi connectivity index (χ1) is 12.6. The number of rotatable bonds is 11. The highest BCUT2D eigenvalue weighted by atomic mass is 16.7. The van der Waals surface area contributed by atoms with Crippen molar-refractivity contribution >= 4 is 18.1 Å². The summed E-state index contributed by atoms with van der Waals surface area (Å²) < 4.78 is 29.8. The Balaban J connectivity index is -0.000000755. The molecule has 0 aromatic rings. The second-order valence-electron chi connectivity index (χ2n) is 5.83. The summed E-state index contributed by atoms with van der Waals surface area (Å²) in [5, 5.41) is 0. The van der Waals surface area contributed by atoms with Crippen LogP contribution in [0.15, 0.2) is 0 Å². The molecule has 0 radical (unpaired) electrons. The van der Waals surface area contributed by atoms with Crippen LogP contribution in [0.5, 0.6) is 0 Å². The number of hydrogen-bond donors (Lipinski definition) is 0. The lowest BCUT2D eigenvalue weighted by Gasteiger charge is -2.24. The Morgan fingerprint density at radius 2 is 1.38 bits per heavy atom. The van der Waals surface area contributed by atoms with Crippen LogP contribution in [0.25, 0.3) is 0 Å². The van der Waals surface area contributed by atoms with Crippen LogP contribution in [0.2, 0.25) is 0 Å². The van der Waals surface area contributed by atoms with Gasteiger partial charge in [-0.15, -0.1) is 0 Å². The maximum atomic E-state index is 11.9. The average Bonchev–Trinajstić information content (AvgIpc) is 2.62. The highest BCUT2D eigenvalue weighted by Crippen LogP contribution is 2.12. The summed E-state index contributed by atoms with van der Waals surface area (Å²) in [5.74, 6) is -1.01. The van der Waals surface area contributed by atoms with Gasteiger partial charge in [-0.3, -0.25) is 4.79 Å². The molecule has 0 amide bonds. The van der Waals surface area contributed by atoms with E-state index in [9.17, 15) is 14.4 Å². The summed E-state index contributed by atoms with van der Waals surface area (Å²) in [6.45, 7) is 11.6. The molecule has 0 aliphatic carbocycles. The second kappa shape index (κ2) is 19.4. The quantitative estimate of drug-likeness (QED) is 0.277. The van der Waals surface area contributed by atoms with Crippen LogP contribution < -0.4 is 0 Å². The Morgan fingerprint density at radius 1 is 0.862 bits per heavy atom. The molecule has 0 saturated carbocycles. The summed E-state index contributed by atoms with van der Waals surface area (Å²) in [4.78, 5) is 34.0. The summed E-state index contributed by atoms with van der Waals surface area (Å²) in [6, 6.07) is 0. The van der Waals surface area contributed by atoms with Gasteiger partial charge >= 0.3 is 18.1 Å². The summed E-state index contributed by atoms with van der Waals surface area (Å²) in [6.07, 6.45) is -1.77. The monoisotopic (exact) mass is 426 g/mol. The predicted molar refractivity (Wildman–Crippen MR) is 111 cm³/mol. The van der Waals surface area contributed by atoms with Crippen molar-refractivity contribution in [1.82, 2.24) is 0 Å². The number of esters is 2. The molecule has 0 fully saturated rings. The number of hydrogen-bond acceptors (Lipinski definition) is 9. The van der Waals surface area contributed by atoms with Gasteiger partial charge in [0.1, 0.15) is 25.9 Å². The maximum absolute atomic E-state index is 11.9. The van der Waals surface area contributed by atoms with E-state index in [0.29, 0.717) is 0 Å². The van der Waals surface area contributed by atoms with Gasteiger partial charge in [0.25, 0.3) is 0 Å². The van der Waals surface area contributed by atoms with Crippen molar-refractivity contribution in [1.29, 1.82) is 0 Å². The zero-order valence-corrected chi connectivity index (χ0v) is 17.7. The topological polar surface area (TPSA) is 107 Å². The van der Waals surface area contributed by atoms with Crippen LogP contribution in [-0.2, 0) is 38.0 Å². The zero-order chi connectivity index (χ0) is 21.5. The van der Waals surface area contributed by atoms with Crippen LogP contribution in [-0.4, -0.2) is 69.4 Å². The van der Waals surface area contributed by atoms with Crippen molar-refractivity contribution in [2.45, 2.75) is 81.1 Å². The third kappa shape index (κ3) is 19.2. The molecule has 0 rings (SSSR count). The van der Waals surface area contributed by atoms with Gasteiger partial charge in [0.05, 0.1) is 12.7 Å². The van der Waals surface area contributed by atoms with Crippen LogP contribution in [0.3, 0.4) is 0 Å². The summed E-state index contributed by atoms with van der Waals surface area (Å²) >= 11 is 0. The van der Waals surface area contributed by atoms with Crippen molar-refractivity contribution in [3.8, 4) is 0 Å². The standard InChI is InChI=1S/C16H28O9.C2H6.2CH4/c1-11(20-6)9-23-14(18)16(4,5)24-8-7-21-15(19)25-12(2)10-22-13(3)17;1-2;;/h11-12H,7-10H2,1-6H3;1-2H3;2*1H4. The molecule has 0 aliphatic heterocycles. The predicted octanol–water partition coefficient (Wildman–Crippen LogP) is 3.76. The van der Waals surface area contributed by atoms with E-state index in [-0.39, 0.29) is 47.4 Å². The van der Waals surface area contributed by atoms with Crippen molar-refractivity contribution in [3.05, 3.63) is 0 Å². The molecule has 0 N–H and O–H groups in total. The van der Waals surface area contributed by atoms with Crippen molar-refractivity contribution in [3.63, 3.8) is 0 Å². The fourth-order valence-electron chi connectivity index (χ4n) is 1.38. The molecule has 176 valence electrons. The number of methoxy groups -OCH3 is 1. The van der Waals surface area contributed by atoms with E-state index in [0.717, 1.165) is 0 Å². The maximum Gasteiger partial charge on any atom is 0.508 e. The highest BCUT2D eigenvalue weighted by Gasteiger charge is 2.30. The Labute approximate surface area is 176 Å². The molecule has 0 aliphatic rings. The van der Waals surface area contributed by atoms with Crippen molar-refractivity contribution in [2.24, 2.45) is 0 Å². The first-order valence-corrected chi connectivity index (χ1v) is 8.89. The van der Waals surface area contributed by atoms with Gasteiger partial charge < -0.3 is 28.4 Å². The van der Waals surface area contributed by atoms with E-state index >= 15 is 0 Å². The Morgan fingerprint density at radius 3 is 1.86 bits per heavy atom. The van der Waals surface area contributed by atoms with E-state index < -0.39 is 29.8 Å². The fourth-order valence-corrected chi connectivity index (χ4v) is 1.38. The summed E-state index contributed by atoms with van der Waals surface area (Å²) in [7, 11) is 1.52. The Bertz CT molecular complexity index is 436. The molecule has 0 bridgehead atoms. The minimum atomic E-state index is -1.19. The lowest BCUT2D eigenvalue weighted by Crippen LogP contribution is -2.39. The molecular formula is C20H42O9. The minimum Gasteiger partial charge on any atom is -0.462 e. The molecule has 9 nitrogen and oxygen atoms in total. The molecule has 9 heteroatoms. The first kappa shape index (κ1) is 34.6. The lowest BCUT2D eigenvalue weighted by atomic mass is 10.1. The normalized spacial score (nSPS) is 11.9. The van der Waals surface area contributed by atoms with E-state index in [1.165, 1.54) is 14.0 Å². The third-order valence-electron chi connectivity index (χ3n) is 2.93. The molecule has 0 saturated heterocycles. The van der Waals surface area contributed by atoms with E-state index in [1.807, 2.05) is 13.8 Å². The van der Waals surface area contributed by atoms with Crippen LogP contribution in [0.1, 0.15) is 63.3 Å². The molecule has 2 unspecified atom stereocenters. The molecule has 0 heterocycles. The van der Waals surface area contributed by atoms with Gasteiger partial charge in [0.2, 0.25) is 0 Å². The van der Waals surface area contributed by atoms with E-state index in [2.05, 4.69) is 0 Å². The zero-order valence-electron chi connectivity index (χ0n) is 17.7. The van der Waals surface area contributed by atoms with Gasteiger partial charge in [-0.25, -0.2) is 9.59 Å². The number of carbonyl (C=O) groups excluding carboxylic acids is 3. The van der Waals surface area contributed by atoms with Gasteiger partial charge in [0.15, 0.2) is 5.60 Å². The Hall–Kier alpha value is -1.87. The average molecular weight is 427 g/mol. The first-order valence-electron chi connectivity index (χ1n) is 8.89. The smallest absolute Gasteiger partial charge is 0.462 e. The second-order valence-corrected chi connectivity index (χ2v) is 5.83. The molecular weight excluding hydrogens is 384 g/mol. The molecule has 0 aromatic carbocycles. The molecule has 0 spiro atoms. The van der Waals surface area contributed by atoms with Gasteiger partial charge in [-0.05, 0) is 27.7 Å².